The van der Waals surface area contributed by atoms with Crippen molar-refractivity contribution < 1.29 is 9.21 Å². The third-order valence-corrected chi connectivity index (χ3v) is 2.82. The number of hydrazone groups is 1. The number of nitrogens with zero attached hydrogens (tertiary/aromatic N) is 3. The van der Waals surface area contributed by atoms with E-state index < -0.39 is 0 Å². The fourth-order valence-corrected chi connectivity index (χ4v) is 1.95. The molecule has 0 saturated carbocycles. The monoisotopic (exact) mass is 241 g/mol. The van der Waals surface area contributed by atoms with Crippen LogP contribution in [0, 0.1) is 0 Å². The third kappa shape index (κ3) is 1.79. The first-order valence-electron chi connectivity index (χ1n) is 5.65. The van der Waals surface area contributed by atoms with Crippen molar-refractivity contribution in [1.29, 1.82) is 0 Å². The van der Waals surface area contributed by atoms with Gasteiger partial charge in [-0.3, -0.25) is 9.78 Å². The molecule has 5 heteroatoms. The molecule has 0 saturated heterocycles. The number of carbonyl (C=O) groups excluding carboxylic acids is 1. The molecular formula is C13H11N3O2. The summed E-state index contributed by atoms with van der Waals surface area (Å²) in [4.78, 5) is 16.2. The van der Waals surface area contributed by atoms with Crippen molar-refractivity contribution in [3.8, 4) is 0 Å². The van der Waals surface area contributed by atoms with E-state index in [2.05, 4.69) is 10.1 Å². The molecule has 18 heavy (non-hydrogen) atoms. The van der Waals surface area contributed by atoms with Gasteiger partial charge in [0, 0.05) is 25.0 Å². The van der Waals surface area contributed by atoms with Crippen molar-refractivity contribution in [2.24, 2.45) is 5.10 Å². The van der Waals surface area contributed by atoms with Gasteiger partial charge in [0.15, 0.2) is 0 Å². The van der Waals surface area contributed by atoms with Crippen molar-refractivity contribution in [3.05, 3.63) is 54.2 Å². The van der Waals surface area contributed by atoms with E-state index in [1.54, 1.807) is 36.9 Å². The van der Waals surface area contributed by atoms with Crippen LogP contribution in [0.1, 0.15) is 28.6 Å². The molecule has 5 nitrogen and oxygen atoms in total. The summed E-state index contributed by atoms with van der Waals surface area (Å²) in [6.07, 6.45) is 7.16. The van der Waals surface area contributed by atoms with Gasteiger partial charge in [0.2, 0.25) is 0 Å². The van der Waals surface area contributed by atoms with E-state index in [0.29, 0.717) is 12.0 Å². The number of hydrogen-bond acceptors (Lipinski definition) is 4. The first-order chi connectivity index (χ1) is 8.86. The number of aromatic nitrogens is 1. The van der Waals surface area contributed by atoms with Gasteiger partial charge >= 0.3 is 0 Å². The van der Waals surface area contributed by atoms with Crippen LogP contribution in [0.3, 0.4) is 0 Å². The molecule has 0 fully saturated rings. The van der Waals surface area contributed by atoms with Crippen molar-refractivity contribution >= 4 is 12.1 Å². The summed E-state index contributed by atoms with van der Waals surface area (Å²) in [5, 5.41) is 5.56. The average Bonchev–Trinajstić information content (AvgIpc) is 3.09. The summed E-state index contributed by atoms with van der Waals surface area (Å²) in [6, 6.07) is 6.95. The number of rotatable bonds is 2. The molecule has 0 N–H and O–H groups in total. The van der Waals surface area contributed by atoms with Crippen molar-refractivity contribution in [2.45, 2.75) is 12.5 Å². The van der Waals surface area contributed by atoms with Crippen LogP contribution in [0.5, 0.6) is 0 Å². The number of hydrogen-bond donors (Lipinski definition) is 0. The predicted octanol–water partition coefficient (Wildman–Crippen LogP) is 2.25. The van der Waals surface area contributed by atoms with Gasteiger partial charge in [0.05, 0.1) is 11.8 Å². The molecule has 0 radical (unpaired) electrons. The standard InChI is InChI=1S/C13H11N3O2/c17-13(10-3-1-6-14-9-10)16-11(5-7-15-16)12-4-2-8-18-12/h1-4,6-9,11H,5H2. The first-order valence-corrected chi connectivity index (χ1v) is 5.65. The molecule has 0 aromatic carbocycles. The summed E-state index contributed by atoms with van der Waals surface area (Å²) >= 11 is 0. The fraction of sp³-hybridized carbons (Fsp3) is 0.154. The Hall–Kier alpha value is -2.43. The summed E-state index contributed by atoms with van der Waals surface area (Å²) in [5.41, 5.74) is 0.521. The molecule has 0 bridgehead atoms. The van der Waals surface area contributed by atoms with Crippen LogP contribution >= 0.6 is 0 Å². The highest BCUT2D eigenvalue weighted by atomic mass is 16.3. The molecule has 90 valence electrons. The van der Waals surface area contributed by atoms with Crippen LogP contribution in [0.4, 0.5) is 0 Å². The number of furan rings is 1. The van der Waals surface area contributed by atoms with Gasteiger partial charge in [-0.2, -0.15) is 5.10 Å². The molecule has 0 spiro atoms. The molecule has 3 rings (SSSR count). The van der Waals surface area contributed by atoms with E-state index in [1.807, 2.05) is 6.07 Å². The summed E-state index contributed by atoms with van der Waals surface area (Å²) < 4.78 is 5.34. The highest BCUT2D eigenvalue weighted by molar-refractivity contribution is 5.95. The average molecular weight is 241 g/mol. The number of carbonyl (C=O) groups is 1. The largest absolute Gasteiger partial charge is 0.467 e. The highest BCUT2D eigenvalue weighted by Crippen LogP contribution is 2.29. The lowest BCUT2D eigenvalue weighted by atomic mass is 10.1. The SMILES string of the molecule is O=C(c1cccnc1)N1N=CCC1c1ccco1. The molecule has 2 aromatic rings. The molecule has 0 aliphatic carbocycles. The minimum Gasteiger partial charge on any atom is -0.467 e. The van der Waals surface area contributed by atoms with E-state index in [4.69, 9.17) is 4.42 Å². The van der Waals surface area contributed by atoms with E-state index in [9.17, 15) is 4.79 Å². The summed E-state index contributed by atoms with van der Waals surface area (Å²) in [7, 11) is 0. The predicted molar refractivity (Wildman–Crippen MR) is 65.0 cm³/mol. The molecule has 2 aromatic heterocycles. The fourth-order valence-electron chi connectivity index (χ4n) is 1.95. The molecule has 1 amide bonds. The van der Waals surface area contributed by atoms with Gasteiger partial charge in [-0.15, -0.1) is 0 Å². The second kappa shape index (κ2) is 4.44. The zero-order valence-corrected chi connectivity index (χ0v) is 9.56. The highest BCUT2D eigenvalue weighted by Gasteiger charge is 2.30. The van der Waals surface area contributed by atoms with E-state index in [-0.39, 0.29) is 11.9 Å². The maximum Gasteiger partial charge on any atom is 0.276 e. The Kier molecular flexibility index (Phi) is 2.64. The lowest BCUT2D eigenvalue weighted by Gasteiger charge is -2.19. The molecule has 1 aliphatic heterocycles. The maximum absolute atomic E-state index is 12.3. The normalized spacial score (nSPS) is 18.2. The number of amides is 1. The molecule has 1 aliphatic rings. The van der Waals surface area contributed by atoms with Crippen molar-refractivity contribution in [2.75, 3.05) is 0 Å². The Balaban J connectivity index is 1.87. The Morgan fingerprint density at radius 1 is 1.39 bits per heavy atom. The molecule has 3 heterocycles. The zero-order chi connectivity index (χ0) is 12.4. The third-order valence-electron chi connectivity index (χ3n) is 2.82. The van der Waals surface area contributed by atoms with Gasteiger partial charge in [-0.1, -0.05) is 0 Å². The van der Waals surface area contributed by atoms with Crippen LogP contribution in [0.15, 0.2) is 52.4 Å². The Bertz CT molecular complexity index is 563. The van der Waals surface area contributed by atoms with E-state index >= 15 is 0 Å². The quantitative estimate of drug-likeness (QED) is 0.810. The summed E-state index contributed by atoms with van der Waals surface area (Å²) in [5.74, 6) is 0.572. The van der Waals surface area contributed by atoms with Gasteiger partial charge in [0.25, 0.3) is 5.91 Å². The van der Waals surface area contributed by atoms with Gasteiger partial charge < -0.3 is 4.42 Å². The Morgan fingerprint density at radius 2 is 2.33 bits per heavy atom. The number of pyridine rings is 1. The minimum atomic E-state index is -0.168. The van der Waals surface area contributed by atoms with Crippen molar-refractivity contribution in [1.82, 2.24) is 9.99 Å². The second-order valence-corrected chi connectivity index (χ2v) is 3.96. The van der Waals surface area contributed by atoms with Crippen LogP contribution in [0.25, 0.3) is 0 Å². The Morgan fingerprint density at radius 3 is 3.06 bits per heavy atom. The first kappa shape index (κ1) is 10.7. The van der Waals surface area contributed by atoms with Gasteiger partial charge in [-0.25, -0.2) is 5.01 Å². The molecule has 1 atom stereocenters. The Labute approximate surface area is 104 Å². The maximum atomic E-state index is 12.3. The van der Waals surface area contributed by atoms with Crippen LogP contribution in [0.2, 0.25) is 0 Å². The van der Waals surface area contributed by atoms with E-state index in [1.165, 1.54) is 11.2 Å². The topological polar surface area (TPSA) is 58.7 Å². The van der Waals surface area contributed by atoms with Crippen LogP contribution in [-0.2, 0) is 0 Å². The van der Waals surface area contributed by atoms with Crippen LogP contribution in [-0.4, -0.2) is 22.1 Å². The van der Waals surface area contributed by atoms with Gasteiger partial charge in [-0.05, 0) is 24.3 Å². The zero-order valence-electron chi connectivity index (χ0n) is 9.56. The van der Waals surface area contributed by atoms with Crippen LogP contribution < -0.4 is 0 Å². The smallest absolute Gasteiger partial charge is 0.276 e. The lowest BCUT2D eigenvalue weighted by molar-refractivity contribution is 0.0692. The molecule has 1 unspecified atom stereocenters. The summed E-state index contributed by atoms with van der Waals surface area (Å²) in [6.45, 7) is 0. The molecular weight excluding hydrogens is 230 g/mol. The minimum absolute atomic E-state index is 0.160. The van der Waals surface area contributed by atoms with Gasteiger partial charge in [0.1, 0.15) is 11.8 Å². The van der Waals surface area contributed by atoms with E-state index in [0.717, 1.165) is 5.76 Å². The lowest BCUT2D eigenvalue weighted by Crippen LogP contribution is -2.26. The van der Waals surface area contributed by atoms with Crippen molar-refractivity contribution in [3.63, 3.8) is 0 Å². The second-order valence-electron chi connectivity index (χ2n) is 3.96.